The van der Waals surface area contributed by atoms with Gasteiger partial charge in [-0.25, -0.2) is 4.79 Å². The molecule has 7 nitrogen and oxygen atoms in total. The van der Waals surface area contributed by atoms with Gasteiger partial charge in [-0.15, -0.1) is 0 Å². The van der Waals surface area contributed by atoms with Gasteiger partial charge in [0.2, 0.25) is 0 Å². The molecule has 3 rings (SSSR count). The molecular formula is C17H13F6N3O4S. The molecular weight excluding hydrogens is 456 g/mol. The summed E-state index contributed by atoms with van der Waals surface area (Å²) in [6.45, 7) is 0. The Bertz CT molecular complexity index is 1090. The first kappa shape index (κ1) is 22.7. The van der Waals surface area contributed by atoms with Gasteiger partial charge < -0.3 is 9.08 Å². The number of alkyl halides is 6. The summed E-state index contributed by atoms with van der Waals surface area (Å²) in [4.78, 5) is 14.8. The lowest BCUT2D eigenvalue weighted by Gasteiger charge is -2.30. The third-order valence-corrected chi connectivity index (χ3v) is 5.93. The number of fused-ring (bicyclic) bond motifs is 1. The van der Waals surface area contributed by atoms with Gasteiger partial charge in [0.1, 0.15) is 5.76 Å². The van der Waals surface area contributed by atoms with Crippen molar-refractivity contribution >= 4 is 21.8 Å². The fourth-order valence-corrected chi connectivity index (χ4v) is 4.03. The van der Waals surface area contributed by atoms with Gasteiger partial charge in [-0.1, -0.05) is 0 Å². The maximum absolute atomic E-state index is 13.3. The van der Waals surface area contributed by atoms with Crippen LogP contribution in [0.1, 0.15) is 24.0 Å². The van der Waals surface area contributed by atoms with Crippen molar-refractivity contribution in [2.75, 3.05) is 11.9 Å². The summed E-state index contributed by atoms with van der Waals surface area (Å²) < 4.78 is 104. The Kier molecular flexibility index (Phi) is 5.37. The first-order chi connectivity index (χ1) is 14.2. The van der Waals surface area contributed by atoms with Crippen LogP contribution >= 0.6 is 0 Å². The molecule has 14 heteroatoms. The number of urea groups is 1. The lowest BCUT2D eigenvalue weighted by Crippen LogP contribution is -2.39. The quantitative estimate of drug-likeness (QED) is 0.382. The molecule has 1 saturated heterocycles. The van der Waals surface area contributed by atoms with Crippen LogP contribution in [0.25, 0.3) is 0 Å². The molecule has 1 heterocycles. The molecule has 1 aliphatic heterocycles. The Hall–Kier alpha value is -2.95. The van der Waals surface area contributed by atoms with E-state index in [1.165, 1.54) is 13.1 Å². The monoisotopic (exact) mass is 469 g/mol. The highest BCUT2D eigenvalue weighted by molar-refractivity contribution is 7.87. The van der Waals surface area contributed by atoms with Gasteiger partial charge in [-0.05, 0) is 30.7 Å². The molecule has 2 unspecified atom stereocenters. The van der Waals surface area contributed by atoms with Crippen LogP contribution in [-0.2, 0) is 20.5 Å². The summed E-state index contributed by atoms with van der Waals surface area (Å²) in [7, 11) is -4.62. The van der Waals surface area contributed by atoms with E-state index < -0.39 is 56.8 Å². The third-order valence-electron chi connectivity index (χ3n) is 4.93. The molecule has 0 saturated carbocycles. The molecule has 0 spiro atoms. The van der Waals surface area contributed by atoms with Crippen LogP contribution in [0, 0.1) is 11.3 Å². The van der Waals surface area contributed by atoms with Gasteiger partial charge in [0.05, 0.1) is 29.3 Å². The van der Waals surface area contributed by atoms with Crippen LogP contribution in [0.3, 0.4) is 0 Å². The Balaban J connectivity index is 1.96. The number of hydrogen-bond acceptors (Lipinski definition) is 5. The number of rotatable bonds is 3. The molecule has 1 aliphatic carbocycles. The number of amides is 2. The minimum atomic E-state index is -5.89. The Morgan fingerprint density at radius 2 is 1.84 bits per heavy atom. The van der Waals surface area contributed by atoms with E-state index in [9.17, 15) is 39.6 Å². The van der Waals surface area contributed by atoms with Crippen LogP contribution in [0.4, 0.5) is 36.8 Å². The van der Waals surface area contributed by atoms with Gasteiger partial charge in [-0.2, -0.15) is 40.0 Å². The van der Waals surface area contributed by atoms with Crippen LogP contribution in [0.2, 0.25) is 0 Å². The number of anilines is 1. The molecule has 0 radical (unpaired) electrons. The molecule has 2 aliphatic rings. The van der Waals surface area contributed by atoms with Crippen LogP contribution in [0.15, 0.2) is 30.0 Å². The van der Waals surface area contributed by atoms with E-state index in [0.29, 0.717) is 6.07 Å². The van der Waals surface area contributed by atoms with Crippen molar-refractivity contribution in [2.45, 2.75) is 36.6 Å². The number of carbonyl (C=O) groups is 1. The number of nitrogens with zero attached hydrogens (tertiary/aromatic N) is 3. The SMILES string of the molecule is CN1C(=O)N(c2ccc(C#N)c(C(F)(F)F)c2)C2CCC(OS(=O)(=O)C(F)(F)F)=CC21. The number of carbonyl (C=O) groups excluding carboxylic acids is 1. The van der Waals surface area contributed by atoms with Crippen molar-refractivity contribution in [1.82, 2.24) is 4.90 Å². The minimum absolute atomic E-state index is 0.0681. The van der Waals surface area contributed by atoms with Crippen LogP contribution in [-0.4, -0.2) is 44.0 Å². The standard InChI is InChI=1S/C17H13F6N3O4S/c1-25-14-7-11(30-31(28,29)17(21,22)23)4-5-13(14)26(15(25)27)10-3-2-9(8-24)12(6-10)16(18,19)20/h2-3,6-7,13-14H,4-5H2,1H3. The number of halogens is 6. The highest BCUT2D eigenvalue weighted by Crippen LogP contribution is 2.40. The van der Waals surface area contributed by atoms with E-state index in [1.54, 1.807) is 0 Å². The van der Waals surface area contributed by atoms with E-state index in [2.05, 4.69) is 4.18 Å². The largest absolute Gasteiger partial charge is 0.534 e. The highest BCUT2D eigenvalue weighted by atomic mass is 32.2. The van der Waals surface area contributed by atoms with Crippen molar-refractivity contribution in [3.05, 3.63) is 41.2 Å². The summed E-state index contributed by atoms with van der Waals surface area (Å²) >= 11 is 0. The maximum Gasteiger partial charge on any atom is 0.534 e. The molecule has 2 atom stereocenters. The second-order valence-corrected chi connectivity index (χ2v) is 8.35. The van der Waals surface area contributed by atoms with E-state index in [-0.39, 0.29) is 18.5 Å². The zero-order valence-corrected chi connectivity index (χ0v) is 16.3. The number of hydrogen-bond donors (Lipinski definition) is 0. The van der Waals surface area contributed by atoms with Crippen molar-refractivity contribution in [3.63, 3.8) is 0 Å². The van der Waals surface area contributed by atoms with Gasteiger partial charge in [0.25, 0.3) is 0 Å². The first-order valence-electron chi connectivity index (χ1n) is 8.56. The molecule has 2 amide bonds. The van der Waals surface area contributed by atoms with Crippen LogP contribution in [0.5, 0.6) is 0 Å². The molecule has 0 N–H and O–H groups in total. The summed E-state index contributed by atoms with van der Waals surface area (Å²) in [5.41, 5.74) is -7.66. The number of benzene rings is 1. The van der Waals surface area contributed by atoms with Crippen molar-refractivity contribution < 1.29 is 43.7 Å². The smallest absolute Gasteiger partial charge is 0.381 e. The predicted molar refractivity (Wildman–Crippen MR) is 92.7 cm³/mol. The number of allylic oxidation sites excluding steroid dienone is 1. The van der Waals surface area contributed by atoms with E-state index in [1.807, 2.05) is 0 Å². The average Bonchev–Trinajstić information content (AvgIpc) is 2.90. The van der Waals surface area contributed by atoms with Crippen molar-refractivity contribution in [2.24, 2.45) is 0 Å². The van der Waals surface area contributed by atoms with E-state index in [0.717, 1.165) is 28.0 Å². The van der Waals surface area contributed by atoms with Gasteiger partial charge in [0.15, 0.2) is 0 Å². The normalized spacial score (nSPS) is 22.1. The van der Waals surface area contributed by atoms with Crippen molar-refractivity contribution in [3.8, 4) is 6.07 Å². The lowest BCUT2D eigenvalue weighted by atomic mass is 9.94. The topological polar surface area (TPSA) is 90.7 Å². The lowest BCUT2D eigenvalue weighted by molar-refractivity contribution is -0.137. The zero-order valence-electron chi connectivity index (χ0n) is 15.5. The Morgan fingerprint density at radius 1 is 1.19 bits per heavy atom. The maximum atomic E-state index is 13.3. The van der Waals surface area contributed by atoms with Gasteiger partial charge in [-0.3, -0.25) is 4.90 Å². The van der Waals surface area contributed by atoms with Crippen molar-refractivity contribution in [1.29, 1.82) is 5.26 Å². The summed E-state index contributed by atoms with van der Waals surface area (Å²) in [6, 6.07) is 1.68. The molecule has 1 aromatic rings. The predicted octanol–water partition coefficient (Wildman–Crippen LogP) is 3.73. The second kappa shape index (κ2) is 7.33. The molecule has 1 aromatic carbocycles. The van der Waals surface area contributed by atoms with E-state index in [4.69, 9.17) is 5.26 Å². The van der Waals surface area contributed by atoms with E-state index >= 15 is 0 Å². The third kappa shape index (κ3) is 4.01. The molecule has 1 fully saturated rings. The first-order valence-corrected chi connectivity index (χ1v) is 9.97. The molecule has 0 bridgehead atoms. The molecule has 168 valence electrons. The fourth-order valence-electron chi connectivity index (χ4n) is 3.51. The Labute approximate surface area is 172 Å². The fraction of sp³-hybridized carbons (Fsp3) is 0.412. The summed E-state index contributed by atoms with van der Waals surface area (Å²) in [5.74, 6) is -0.518. The number of likely N-dealkylation sites (N-methyl/N-ethyl adjacent to an activating group) is 1. The zero-order chi connectivity index (χ0) is 23.4. The summed E-state index contributed by atoms with van der Waals surface area (Å²) in [5, 5.41) is 8.91. The Morgan fingerprint density at radius 3 is 2.39 bits per heavy atom. The highest BCUT2D eigenvalue weighted by Gasteiger charge is 2.51. The van der Waals surface area contributed by atoms with Gasteiger partial charge in [0, 0.05) is 19.2 Å². The minimum Gasteiger partial charge on any atom is -0.381 e. The molecule has 0 aromatic heterocycles. The van der Waals surface area contributed by atoms with Gasteiger partial charge >= 0.3 is 27.8 Å². The average molecular weight is 469 g/mol. The summed E-state index contributed by atoms with van der Waals surface area (Å²) in [6.07, 6.45) is -4.18. The molecule has 31 heavy (non-hydrogen) atoms. The van der Waals surface area contributed by atoms with Crippen LogP contribution < -0.4 is 4.90 Å². The second-order valence-electron chi connectivity index (χ2n) is 6.82. The number of nitriles is 1.